The van der Waals surface area contributed by atoms with E-state index in [2.05, 4.69) is 41.5 Å². The van der Waals surface area contributed by atoms with E-state index >= 15 is 0 Å². The fraction of sp³-hybridized carbons (Fsp3) is 1.00. The monoisotopic (exact) mass is 344 g/mol. The number of hydrogen-bond acceptors (Lipinski definition) is 0. The van der Waals surface area contributed by atoms with Crippen molar-refractivity contribution in [1.82, 2.24) is 0 Å². The second-order valence-electron chi connectivity index (χ2n) is 7.31. The van der Waals surface area contributed by atoms with Crippen LogP contribution in [0.5, 0.6) is 0 Å². The third-order valence-corrected chi connectivity index (χ3v) is 3.75. The fourth-order valence-corrected chi connectivity index (χ4v) is 2.97. The third-order valence-electron chi connectivity index (χ3n) is 3.75. The summed E-state index contributed by atoms with van der Waals surface area (Å²) in [5.74, 6) is 0. The van der Waals surface area contributed by atoms with Gasteiger partial charge in [0.25, 0.3) is 0 Å². The van der Waals surface area contributed by atoms with E-state index in [1.165, 1.54) is 0 Å². The van der Waals surface area contributed by atoms with Crippen LogP contribution in [0.4, 0.5) is 0 Å². The van der Waals surface area contributed by atoms with Crippen molar-refractivity contribution in [2.75, 3.05) is 26.2 Å². The zero-order chi connectivity index (χ0) is 15.2. The molecule has 0 saturated carbocycles. The second-order valence-corrected chi connectivity index (χ2v) is 7.31. The Hall–Kier alpha value is 0.359. The molecule has 21 heavy (non-hydrogen) atoms. The normalized spacial score (nSPS) is 31.7. The second kappa shape index (κ2) is 9.49. The van der Waals surface area contributed by atoms with Crippen molar-refractivity contribution in [3.63, 3.8) is 0 Å². The smallest absolute Gasteiger partial charge is 0 e. The van der Waals surface area contributed by atoms with Gasteiger partial charge in [-0.3, -0.25) is 0 Å². The quantitative estimate of drug-likeness (QED) is 0.577. The van der Waals surface area contributed by atoms with Gasteiger partial charge in [0.15, 0.2) is 0 Å². The first-order valence-corrected chi connectivity index (χ1v) is 7.91. The Labute approximate surface area is 142 Å². The van der Waals surface area contributed by atoms with Crippen molar-refractivity contribution < 1.29 is 17.1 Å². The standard InChI is InChI=1S/C16H32N4.Cu/c1-13-11-15(3,4)19-10-8-18-14(2)12-16(5,6)20-9-7-17-13;/h13-14H,7-12H2,1-6H3;/q-4;/t13-,14-;/m0./s1/i;1+0. The van der Waals surface area contributed by atoms with Gasteiger partial charge in [0.2, 0.25) is 0 Å². The van der Waals surface area contributed by atoms with Crippen LogP contribution >= 0.6 is 0 Å². The molecule has 0 aromatic rings. The van der Waals surface area contributed by atoms with Gasteiger partial charge < -0.3 is 21.3 Å². The first kappa shape index (κ1) is 21.4. The SMILES string of the molecule is C[C@H]1CC(C)(C)[N-]CC[N-][C@@H](C)CC(C)(C)[N-]CC[N-]1.[64Cu]. The zero-order valence-electron chi connectivity index (χ0n) is 14.5. The average molecular weight is 344 g/mol. The number of hydrogen-bond donors (Lipinski definition) is 0. The molecule has 4 nitrogen and oxygen atoms in total. The zero-order valence-corrected chi connectivity index (χ0v) is 15.4. The molecule has 1 fully saturated rings. The Morgan fingerprint density at radius 3 is 1.33 bits per heavy atom. The minimum atomic E-state index is 0. The van der Waals surface area contributed by atoms with Crippen LogP contribution < -0.4 is 0 Å². The minimum Gasteiger partial charge on any atom is -0.661 e. The molecule has 0 spiro atoms. The van der Waals surface area contributed by atoms with E-state index < -0.39 is 0 Å². The summed E-state index contributed by atoms with van der Waals surface area (Å²) < 4.78 is 0. The van der Waals surface area contributed by atoms with Gasteiger partial charge in [-0.05, 0) is 0 Å². The van der Waals surface area contributed by atoms with Gasteiger partial charge in [0.1, 0.15) is 0 Å². The van der Waals surface area contributed by atoms with Gasteiger partial charge >= 0.3 is 0 Å². The maximum absolute atomic E-state index is 4.79. The molecule has 1 radical (unpaired) electrons. The molecule has 0 aromatic heterocycles. The predicted octanol–water partition coefficient (Wildman–Crippen LogP) is 4.61. The molecule has 0 bridgehead atoms. The number of nitrogens with zero attached hydrogens (tertiary/aromatic N) is 4. The first-order valence-electron chi connectivity index (χ1n) is 7.91. The summed E-state index contributed by atoms with van der Waals surface area (Å²) in [5.41, 5.74) is 0.00438. The van der Waals surface area contributed by atoms with Crippen LogP contribution in [0.3, 0.4) is 0 Å². The van der Waals surface area contributed by atoms with Gasteiger partial charge in [-0.25, -0.2) is 0 Å². The van der Waals surface area contributed by atoms with Crippen molar-refractivity contribution in [3.05, 3.63) is 21.3 Å². The molecular weight excluding hydrogens is 312 g/mol. The van der Waals surface area contributed by atoms with Gasteiger partial charge in [-0.1, -0.05) is 54.4 Å². The molecule has 131 valence electrons. The molecule has 0 N–H and O–H groups in total. The Morgan fingerprint density at radius 2 is 1.00 bits per heavy atom. The van der Waals surface area contributed by atoms with E-state index in [-0.39, 0.29) is 28.1 Å². The average Bonchev–Trinajstić information content (AvgIpc) is 2.28. The van der Waals surface area contributed by atoms with Crippen LogP contribution in [-0.4, -0.2) is 49.3 Å². The maximum Gasteiger partial charge on any atom is 0 e. The Bertz CT molecular complexity index is 253. The summed E-state index contributed by atoms with van der Waals surface area (Å²) in [4.78, 5) is 0. The number of rotatable bonds is 0. The van der Waals surface area contributed by atoms with Crippen molar-refractivity contribution in [2.24, 2.45) is 0 Å². The van der Waals surface area contributed by atoms with E-state index in [0.29, 0.717) is 12.1 Å². The first-order chi connectivity index (χ1) is 9.20. The molecular formula is C16H32CuN4-4. The molecule has 5 heteroatoms. The fourth-order valence-electron chi connectivity index (χ4n) is 2.97. The van der Waals surface area contributed by atoms with Crippen molar-refractivity contribution >= 4 is 0 Å². The van der Waals surface area contributed by atoms with Crippen LogP contribution in [0.15, 0.2) is 0 Å². The molecule has 1 rings (SSSR count). The van der Waals surface area contributed by atoms with Gasteiger partial charge in [-0.15, -0.1) is 23.2 Å². The molecule has 0 aromatic carbocycles. The topological polar surface area (TPSA) is 56.4 Å². The summed E-state index contributed by atoms with van der Waals surface area (Å²) >= 11 is 0. The predicted molar refractivity (Wildman–Crippen MR) is 89.2 cm³/mol. The van der Waals surface area contributed by atoms with Crippen LogP contribution in [0.2, 0.25) is 0 Å². The van der Waals surface area contributed by atoms with Crippen molar-refractivity contribution in [3.8, 4) is 0 Å². The molecule has 1 aliphatic rings. The third kappa shape index (κ3) is 9.88. The van der Waals surface area contributed by atoms with Crippen LogP contribution in [0.1, 0.15) is 54.4 Å². The summed E-state index contributed by atoms with van der Waals surface area (Å²) in [7, 11) is 0. The van der Waals surface area contributed by atoms with E-state index in [1.54, 1.807) is 0 Å². The Kier molecular flexibility index (Phi) is 9.65. The molecule has 1 heterocycles. The minimum absolute atomic E-state index is 0. The molecule has 0 unspecified atom stereocenters. The Balaban J connectivity index is 0.00000400. The van der Waals surface area contributed by atoms with Crippen molar-refractivity contribution in [1.29, 1.82) is 0 Å². The summed E-state index contributed by atoms with van der Waals surface area (Å²) in [6.07, 6.45) is 2.01. The van der Waals surface area contributed by atoms with E-state index in [9.17, 15) is 0 Å². The van der Waals surface area contributed by atoms with Crippen LogP contribution in [-0.2, 0) is 17.1 Å². The van der Waals surface area contributed by atoms with Crippen LogP contribution in [0.25, 0.3) is 21.3 Å². The molecule has 0 aliphatic carbocycles. The molecule has 0 amide bonds. The molecule has 1 saturated heterocycles. The van der Waals surface area contributed by atoms with Gasteiger partial charge in [0, 0.05) is 17.1 Å². The van der Waals surface area contributed by atoms with E-state index in [1.807, 2.05) is 0 Å². The van der Waals surface area contributed by atoms with E-state index in [0.717, 1.165) is 39.0 Å². The van der Waals surface area contributed by atoms with Crippen LogP contribution in [0, 0.1) is 0 Å². The van der Waals surface area contributed by atoms with Crippen molar-refractivity contribution in [2.45, 2.75) is 77.5 Å². The largest absolute Gasteiger partial charge is 0.661 e. The molecule has 2 atom stereocenters. The van der Waals surface area contributed by atoms with Gasteiger partial charge in [-0.2, -0.15) is 26.2 Å². The maximum atomic E-state index is 4.79. The van der Waals surface area contributed by atoms with E-state index in [4.69, 9.17) is 21.3 Å². The summed E-state index contributed by atoms with van der Waals surface area (Å²) in [6.45, 7) is 16.4. The van der Waals surface area contributed by atoms with Gasteiger partial charge in [0.05, 0.1) is 0 Å². The summed E-state index contributed by atoms with van der Waals surface area (Å²) in [5, 5.41) is 19.0. The molecule has 1 aliphatic heterocycles. The summed E-state index contributed by atoms with van der Waals surface area (Å²) in [6, 6.07) is 0.705. The Morgan fingerprint density at radius 1 is 0.667 bits per heavy atom.